The van der Waals surface area contributed by atoms with E-state index in [1.54, 1.807) is 0 Å². The van der Waals surface area contributed by atoms with Crippen LogP contribution in [0.25, 0.3) is 0 Å². The minimum Gasteiger partial charge on any atom is -0.394 e. The van der Waals surface area contributed by atoms with Crippen molar-refractivity contribution in [3.63, 3.8) is 0 Å². The predicted molar refractivity (Wildman–Crippen MR) is 80.5 cm³/mol. The van der Waals surface area contributed by atoms with Crippen LogP contribution in [0.3, 0.4) is 0 Å². The van der Waals surface area contributed by atoms with Gasteiger partial charge in [-0.05, 0) is 26.3 Å². The topological polar surface area (TPSA) is 50.1 Å². The third kappa shape index (κ3) is 3.46. The molecular weight excluding hydrogens is 250 g/mol. The van der Waals surface area contributed by atoms with Crippen LogP contribution < -0.4 is 5.32 Å². The summed E-state index contributed by atoms with van der Waals surface area (Å²) in [5.74, 6) is 0. The van der Waals surface area contributed by atoms with Crippen molar-refractivity contribution in [2.45, 2.75) is 40.4 Å². The second-order valence-corrected chi connectivity index (χ2v) is 5.19. The highest BCUT2D eigenvalue weighted by molar-refractivity contribution is 5.25. The molecule has 0 aliphatic heterocycles. The Morgan fingerprint density at radius 2 is 2.00 bits per heavy atom. The fourth-order valence-corrected chi connectivity index (χ4v) is 2.46. The Hall–Kier alpha value is -1.65. The number of nitrogens with one attached hydrogen (secondary N) is 1. The van der Waals surface area contributed by atoms with Gasteiger partial charge >= 0.3 is 0 Å². The summed E-state index contributed by atoms with van der Waals surface area (Å²) in [6, 6.07) is 8.52. The smallest absolute Gasteiger partial charge is 0.0644 e. The first-order chi connectivity index (χ1) is 9.61. The molecule has 0 atom stereocenters. The van der Waals surface area contributed by atoms with E-state index in [0.29, 0.717) is 6.54 Å². The van der Waals surface area contributed by atoms with Gasteiger partial charge in [-0.1, -0.05) is 29.8 Å². The minimum atomic E-state index is 0.123. The molecule has 108 valence electrons. The molecule has 0 radical (unpaired) electrons. The second kappa shape index (κ2) is 6.68. The van der Waals surface area contributed by atoms with Crippen molar-refractivity contribution in [1.29, 1.82) is 0 Å². The average Bonchev–Trinajstić information content (AvgIpc) is 2.67. The fourth-order valence-electron chi connectivity index (χ4n) is 2.46. The molecule has 0 saturated heterocycles. The van der Waals surface area contributed by atoms with E-state index in [9.17, 15) is 0 Å². The molecule has 2 N–H and O–H groups in total. The Morgan fingerprint density at radius 3 is 2.70 bits per heavy atom. The molecule has 2 rings (SSSR count). The number of aliphatic hydroxyl groups excluding tert-OH is 1. The van der Waals surface area contributed by atoms with Gasteiger partial charge in [-0.25, -0.2) is 0 Å². The molecule has 4 heteroatoms. The van der Waals surface area contributed by atoms with Crippen LogP contribution in [0.15, 0.2) is 24.3 Å². The number of rotatable bonds is 6. The van der Waals surface area contributed by atoms with E-state index >= 15 is 0 Å². The van der Waals surface area contributed by atoms with Crippen molar-refractivity contribution in [3.05, 3.63) is 52.3 Å². The van der Waals surface area contributed by atoms with Crippen molar-refractivity contribution < 1.29 is 5.11 Å². The van der Waals surface area contributed by atoms with E-state index in [-0.39, 0.29) is 6.61 Å². The molecule has 0 aliphatic rings. The first-order valence-electron chi connectivity index (χ1n) is 7.02. The van der Waals surface area contributed by atoms with Crippen LogP contribution in [0.4, 0.5) is 0 Å². The maximum Gasteiger partial charge on any atom is 0.0644 e. The first-order valence-corrected chi connectivity index (χ1v) is 7.02. The zero-order valence-corrected chi connectivity index (χ0v) is 12.5. The zero-order valence-electron chi connectivity index (χ0n) is 12.5. The summed E-state index contributed by atoms with van der Waals surface area (Å²) in [4.78, 5) is 0. The van der Waals surface area contributed by atoms with Crippen molar-refractivity contribution in [1.82, 2.24) is 15.1 Å². The summed E-state index contributed by atoms with van der Waals surface area (Å²) in [6.45, 7) is 8.52. The monoisotopic (exact) mass is 273 g/mol. The number of aliphatic hydroxyl groups is 1. The number of aryl methyl sites for hydroxylation is 2. The summed E-state index contributed by atoms with van der Waals surface area (Å²) in [6.07, 6.45) is 0. The summed E-state index contributed by atoms with van der Waals surface area (Å²) in [5.41, 5.74) is 5.97. The molecule has 0 saturated carbocycles. The Labute approximate surface area is 120 Å². The molecule has 2 aromatic rings. The Balaban J connectivity index is 1.97. The number of nitrogens with zero attached hydrogens (tertiary/aromatic N) is 2. The first kappa shape index (κ1) is 14.8. The Bertz CT molecular complexity index is 575. The molecule has 0 spiro atoms. The minimum absolute atomic E-state index is 0.123. The number of aromatic nitrogens is 2. The average molecular weight is 273 g/mol. The molecule has 0 aliphatic carbocycles. The molecule has 0 fully saturated rings. The van der Waals surface area contributed by atoms with Gasteiger partial charge in [-0.15, -0.1) is 0 Å². The van der Waals surface area contributed by atoms with Gasteiger partial charge in [0.05, 0.1) is 18.8 Å². The van der Waals surface area contributed by atoms with Gasteiger partial charge in [0.1, 0.15) is 0 Å². The predicted octanol–water partition coefficient (Wildman–Crippen LogP) is 2.09. The van der Waals surface area contributed by atoms with Crippen LogP contribution in [0, 0.1) is 20.8 Å². The standard InChI is InChI=1S/C16H23N3O/c1-12-5-4-6-15(9-12)10-17-11-16-13(2)18-19(7-8-20)14(16)3/h4-6,9,17,20H,7-8,10-11H2,1-3H3. The van der Waals surface area contributed by atoms with Crippen LogP contribution in [-0.4, -0.2) is 21.5 Å². The molecule has 20 heavy (non-hydrogen) atoms. The lowest BCUT2D eigenvalue weighted by Crippen LogP contribution is -2.14. The fraction of sp³-hybridized carbons (Fsp3) is 0.438. The highest BCUT2D eigenvalue weighted by atomic mass is 16.3. The van der Waals surface area contributed by atoms with E-state index in [4.69, 9.17) is 5.11 Å². The third-order valence-electron chi connectivity index (χ3n) is 3.56. The quantitative estimate of drug-likeness (QED) is 0.847. The van der Waals surface area contributed by atoms with E-state index < -0.39 is 0 Å². The molecule has 1 aromatic heterocycles. The van der Waals surface area contributed by atoms with Gasteiger partial charge in [0, 0.05) is 24.3 Å². The highest BCUT2D eigenvalue weighted by Crippen LogP contribution is 2.13. The number of benzene rings is 1. The highest BCUT2D eigenvalue weighted by Gasteiger charge is 2.10. The molecule has 4 nitrogen and oxygen atoms in total. The molecule has 0 amide bonds. The molecule has 0 unspecified atom stereocenters. The largest absolute Gasteiger partial charge is 0.394 e. The van der Waals surface area contributed by atoms with Gasteiger partial charge in [0.15, 0.2) is 0 Å². The molecule has 1 aromatic carbocycles. The Morgan fingerprint density at radius 1 is 1.20 bits per heavy atom. The van der Waals surface area contributed by atoms with Gasteiger partial charge in [0.25, 0.3) is 0 Å². The van der Waals surface area contributed by atoms with Gasteiger partial charge in [-0.2, -0.15) is 5.10 Å². The van der Waals surface area contributed by atoms with E-state index in [0.717, 1.165) is 24.5 Å². The number of hydrogen-bond acceptors (Lipinski definition) is 3. The SMILES string of the molecule is Cc1cccc(CNCc2c(C)nn(CCO)c2C)c1. The van der Waals surface area contributed by atoms with E-state index in [1.807, 2.05) is 11.6 Å². The summed E-state index contributed by atoms with van der Waals surface area (Å²) < 4.78 is 1.87. The van der Waals surface area contributed by atoms with Crippen LogP contribution in [0.2, 0.25) is 0 Å². The zero-order chi connectivity index (χ0) is 14.5. The van der Waals surface area contributed by atoms with Crippen LogP contribution >= 0.6 is 0 Å². The van der Waals surface area contributed by atoms with Gasteiger partial charge < -0.3 is 10.4 Å². The Kier molecular flexibility index (Phi) is 4.93. The van der Waals surface area contributed by atoms with Crippen molar-refractivity contribution in [2.75, 3.05) is 6.61 Å². The summed E-state index contributed by atoms with van der Waals surface area (Å²) in [5, 5.41) is 16.9. The van der Waals surface area contributed by atoms with E-state index in [2.05, 4.69) is 48.5 Å². The molecule has 0 bridgehead atoms. The van der Waals surface area contributed by atoms with Crippen LogP contribution in [-0.2, 0) is 19.6 Å². The van der Waals surface area contributed by atoms with Crippen molar-refractivity contribution in [2.24, 2.45) is 0 Å². The maximum absolute atomic E-state index is 9.02. The summed E-state index contributed by atoms with van der Waals surface area (Å²) in [7, 11) is 0. The lowest BCUT2D eigenvalue weighted by Gasteiger charge is -2.07. The third-order valence-corrected chi connectivity index (χ3v) is 3.56. The van der Waals surface area contributed by atoms with Crippen molar-refractivity contribution in [3.8, 4) is 0 Å². The van der Waals surface area contributed by atoms with E-state index in [1.165, 1.54) is 16.7 Å². The van der Waals surface area contributed by atoms with Gasteiger partial charge in [-0.3, -0.25) is 4.68 Å². The van der Waals surface area contributed by atoms with Gasteiger partial charge in [0.2, 0.25) is 0 Å². The molecular formula is C16H23N3O. The number of hydrogen-bond donors (Lipinski definition) is 2. The summed E-state index contributed by atoms with van der Waals surface area (Å²) >= 11 is 0. The van der Waals surface area contributed by atoms with Crippen LogP contribution in [0.5, 0.6) is 0 Å². The molecule has 1 heterocycles. The maximum atomic E-state index is 9.02. The normalized spacial score (nSPS) is 11.0. The van der Waals surface area contributed by atoms with Crippen molar-refractivity contribution >= 4 is 0 Å². The lowest BCUT2D eigenvalue weighted by atomic mass is 10.1. The lowest BCUT2D eigenvalue weighted by molar-refractivity contribution is 0.267. The van der Waals surface area contributed by atoms with Crippen LogP contribution in [0.1, 0.15) is 28.1 Å². The second-order valence-electron chi connectivity index (χ2n) is 5.19.